The Hall–Kier alpha value is -1.69. The van der Waals surface area contributed by atoms with E-state index in [1.165, 1.54) is 17.2 Å². The van der Waals surface area contributed by atoms with Crippen LogP contribution >= 0.6 is 11.6 Å². The number of likely N-dealkylation sites (tertiary alicyclic amines) is 1. The Morgan fingerprint density at radius 1 is 1.59 bits per heavy atom. The molecule has 1 N–H and O–H groups in total. The first-order valence-electron chi connectivity index (χ1n) is 5.21. The number of nitrogens with one attached hydrogen (secondary N) is 1. The van der Waals surface area contributed by atoms with Gasteiger partial charge in [0, 0.05) is 19.2 Å². The van der Waals surface area contributed by atoms with E-state index in [1.807, 2.05) is 0 Å². The molecule has 7 heteroatoms. The van der Waals surface area contributed by atoms with Gasteiger partial charge >= 0.3 is 0 Å². The second kappa shape index (κ2) is 5.09. The zero-order valence-electron chi connectivity index (χ0n) is 9.02. The Morgan fingerprint density at radius 2 is 2.41 bits per heavy atom. The quantitative estimate of drug-likeness (QED) is 0.806. The second-order valence-corrected chi connectivity index (χ2v) is 4.02. The highest BCUT2D eigenvalue weighted by Gasteiger charge is 2.22. The fraction of sp³-hybridized carbons (Fsp3) is 0.400. The summed E-state index contributed by atoms with van der Waals surface area (Å²) in [5, 5.41) is 2.63. The van der Waals surface area contributed by atoms with Gasteiger partial charge in [-0.2, -0.15) is 0 Å². The van der Waals surface area contributed by atoms with Gasteiger partial charge in [0.05, 0.1) is 6.54 Å². The molecule has 0 aromatic carbocycles. The zero-order valence-corrected chi connectivity index (χ0v) is 9.78. The van der Waals surface area contributed by atoms with Crippen molar-refractivity contribution in [1.82, 2.24) is 14.9 Å². The summed E-state index contributed by atoms with van der Waals surface area (Å²) < 4.78 is 0. The summed E-state index contributed by atoms with van der Waals surface area (Å²) in [5.41, 5.74) is 0. The van der Waals surface area contributed by atoms with E-state index in [1.54, 1.807) is 0 Å². The fourth-order valence-corrected chi connectivity index (χ4v) is 1.78. The smallest absolute Gasteiger partial charge is 0.245 e. The van der Waals surface area contributed by atoms with Crippen LogP contribution in [0, 0.1) is 0 Å². The summed E-state index contributed by atoms with van der Waals surface area (Å²) in [5.74, 6) is 0.0672. The Morgan fingerprint density at radius 3 is 3.06 bits per heavy atom. The van der Waals surface area contributed by atoms with Crippen molar-refractivity contribution in [2.45, 2.75) is 12.8 Å². The number of carbonyl (C=O) groups is 2. The van der Waals surface area contributed by atoms with Crippen molar-refractivity contribution >= 4 is 29.2 Å². The van der Waals surface area contributed by atoms with Gasteiger partial charge in [-0.1, -0.05) is 0 Å². The van der Waals surface area contributed by atoms with Gasteiger partial charge in [-0.25, -0.2) is 9.97 Å². The number of hydrogen-bond acceptors (Lipinski definition) is 4. The highest BCUT2D eigenvalue weighted by molar-refractivity contribution is 6.28. The summed E-state index contributed by atoms with van der Waals surface area (Å²) in [6.45, 7) is 0.692. The standard InChI is InChI=1S/C10H11ClN4O2/c11-10-12-4-3-7(14-10)13-8(16)6-15-5-1-2-9(15)17/h3-4H,1-2,5-6H2,(H,12,13,14,16). The number of anilines is 1. The Balaban J connectivity index is 1.91. The van der Waals surface area contributed by atoms with E-state index in [0.717, 1.165) is 6.42 Å². The van der Waals surface area contributed by atoms with Crippen LogP contribution in [0.15, 0.2) is 12.3 Å². The maximum atomic E-state index is 11.6. The van der Waals surface area contributed by atoms with Crippen LogP contribution in [-0.2, 0) is 9.59 Å². The molecule has 0 aliphatic carbocycles. The molecule has 1 fully saturated rings. The summed E-state index contributed by atoms with van der Waals surface area (Å²) in [6.07, 6.45) is 2.78. The van der Waals surface area contributed by atoms with E-state index in [0.29, 0.717) is 18.8 Å². The SMILES string of the molecule is O=C(CN1CCCC1=O)Nc1ccnc(Cl)n1. The third-order valence-electron chi connectivity index (χ3n) is 2.40. The number of halogens is 1. The minimum absolute atomic E-state index is 0.0147. The van der Waals surface area contributed by atoms with Crippen LogP contribution in [0.3, 0.4) is 0 Å². The van der Waals surface area contributed by atoms with Crippen LogP contribution < -0.4 is 5.32 Å². The molecular formula is C10H11ClN4O2. The number of rotatable bonds is 3. The molecule has 1 aromatic rings. The monoisotopic (exact) mass is 254 g/mol. The maximum Gasteiger partial charge on any atom is 0.245 e. The molecule has 6 nitrogen and oxygen atoms in total. The average Bonchev–Trinajstić information content (AvgIpc) is 2.64. The van der Waals surface area contributed by atoms with Gasteiger partial charge in [-0.3, -0.25) is 9.59 Å². The molecule has 90 valence electrons. The van der Waals surface area contributed by atoms with Gasteiger partial charge in [0.25, 0.3) is 0 Å². The normalized spacial score (nSPS) is 15.1. The van der Waals surface area contributed by atoms with E-state index in [9.17, 15) is 9.59 Å². The average molecular weight is 255 g/mol. The molecule has 0 unspecified atom stereocenters. The van der Waals surface area contributed by atoms with E-state index in [-0.39, 0.29) is 23.6 Å². The first-order valence-corrected chi connectivity index (χ1v) is 5.59. The minimum Gasteiger partial charge on any atom is -0.333 e. The Kier molecular flexibility index (Phi) is 3.53. The van der Waals surface area contributed by atoms with Crippen molar-refractivity contribution in [2.75, 3.05) is 18.4 Å². The summed E-state index contributed by atoms with van der Waals surface area (Å²) in [4.78, 5) is 32.0. The third-order valence-corrected chi connectivity index (χ3v) is 2.58. The molecule has 0 spiro atoms. The van der Waals surface area contributed by atoms with Gasteiger partial charge in [-0.15, -0.1) is 0 Å². The molecule has 2 heterocycles. The predicted octanol–water partition coefficient (Wildman–Crippen LogP) is 0.691. The fourth-order valence-electron chi connectivity index (χ4n) is 1.63. The topological polar surface area (TPSA) is 75.2 Å². The third kappa shape index (κ3) is 3.13. The molecule has 1 aliphatic heterocycles. The number of amides is 2. The van der Waals surface area contributed by atoms with Crippen LogP contribution in [0.2, 0.25) is 5.28 Å². The molecule has 2 amide bonds. The predicted molar refractivity (Wildman–Crippen MR) is 61.5 cm³/mol. The number of hydrogen-bond donors (Lipinski definition) is 1. The van der Waals surface area contributed by atoms with Crippen molar-refractivity contribution in [3.8, 4) is 0 Å². The number of carbonyl (C=O) groups excluding carboxylic acids is 2. The van der Waals surface area contributed by atoms with Gasteiger partial charge in [0.2, 0.25) is 17.1 Å². The van der Waals surface area contributed by atoms with E-state index < -0.39 is 0 Å². The zero-order chi connectivity index (χ0) is 12.3. The van der Waals surface area contributed by atoms with Gasteiger partial charge in [0.1, 0.15) is 5.82 Å². The van der Waals surface area contributed by atoms with Gasteiger partial charge in [-0.05, 0) is 24.1 Å². The Labute approximate surface area is 103 Å². The molecule has 1 aliphatic rings. The lowest BCUT2D eigenvalue weighted by Gasteiger charge is -2.14. The van der Waals surface area contributed by atoms with Crippen molar-refractivity contribution in [3.63, 3.8) is 0 Å². The molecule has 0 atom stereocenters. The van der Waals surface area contributed by atoms with Crippen LogP contribution in [0.4, 0.5) is 5.82 Å². The van der Waals surface area contributed by atoms with Gasteiger partial charge < -0.3 is 10.2 Å². The molecule has 0 radical (unpaired) electrons. The van der Waals surface area contributed by atoms with Crippen molar-refractivity contribution in [2.24, 2.45) is 0 Å². The van der Waals surface area contributed by atoms with Crippen LogP contribution in [0.5, 0.6) is 0 Å². The number of nitrogens with zero attached hydrogens (tertiary/aromatic N) is 3. The van der Waals surface area contributed by atoms with Crippen molar-refractivity contribution in [1.29, 1.82) is 0 Å². The summed E-state index contributed by atoms with van der Waals surface area (Å²) in [6, 6.07) is 1.54. The lowest BCUT2D eigenvalue weighted by molar-refractivity contribution is -0.131. The van der Waals surface area contributed by atoms with Crippen LogP contribution in [0.25, 0.3) is 0 Å². The highest BCUT2D eigenvalue weighted by atomic mass is 35.5. The van der Waals surface area contributed by atoms with Crippen LogP contribution in [-0.4, -0.2) is 39.8 Å². The first kappa shape index (κ1) is 11.8. The maximum absolute atomic E-state index is 11.6. The molecule has 1 saturated heterocycles. The Bertz CT molecular complexity index is 452. The summed E-state index contributed by atoms with van der Waals surface area (Å²) >= 11 is 5.58. The molecular weight excluding hydrogens is 244 g/mol. The lowest BCUT2D eigenvalue weighted by atomic mass is 10.4. The lowest BCUT2D eigenvalue weighted by Crippen LogP contribution is -2.34. The molecule has 0 bridgehead atoms. The van der Waals surface area contributed by atoms with Crippen molar-refractivity contribution in [3.05, 3.63) is 17.5 Å². The van der Waals surface area contributed by atoms with E-state index in [4.69, 9.17) is 11.6 Å². The molecule has 0 saturated carbocycles. The molecule has 2 rings (SSSR count). The molecule has 1 aromatic heterocycles. The second-order valence-electron chi connectivity index (χ2n) is 3.68. The van der Waals surface area contributed by atoms with Gasteiger partial charge in [0.15, 0.2) is 0 Å². The van der Waals surface area contributed by atoms with Crippen LogP contribution in [0.1, 0.15) is 12.8 Å². The summed E-state index contributed by atoms with van der Waals surface area (Å²) in [7, 11) is 0. The van der Waals surface area contributed by atoms with E-state index >= 15 is 0 Å². The first-order chi connectivity index (χ1) is 8.15. The van der Waals surface area contributed by atoms with E-state index in [2.05, 4.69) is 15.3 Å². The minimum atomic E-state index is -0.282. The number of aromatic nitrogens is 2. The largest absolute Gasteiger partial charge is 0.333 e. The molecule has 17 heavy (non-hydrogen) atoms. The highest BCUT2D eigenvalue weighted by Crippen LogP contribution is 2.10. The van der Waals surface area contributed by atoms with Crippen molar-refractivity contribution < 1.29 is 9.59 Å².